The average molecular weight is 537 g/mol. The lowest BCUT2D eigenvalue weighted by Gasteiger charge is -2.23. The van der Waals surface area contributed by atoms with Crippen molar-refractivity contribution in [1.29, 1.82) is 0 Å². The number of carbonyl (C=O) groups excluding carboxylic acids is 1. The number of nitrogens with zero attached hydrogens (tertiary/aromatic N) is 3. The molecule has 1 aliphatic heterocycles. The second-order valence-electron chi connectivity index (χ2n) is 9.66. The van der Waals surface area contributed by atoms with Crippen molar-refractivity contribution in [3.05, 3.63) is 77.2 Å². The molecule has 0 bridgehead atoms. The van der Waals surface area contributed by atoms with Gasteiger partial charge in [-0.05, 0) is 85.3 Å². The Hall–Kier alpha value is -3.92. The third-order valence-electron chi connectivity index (χ3n) is 6.93. The molecule has 2 aromatic carbocycles. The van der Waals surface area contributed by atoms with E-state index in [0.29, 0.717) is 51.6 Å². The van der Waals surface area contributed by atoms with E-state index in [2.05, 4.69) is 12.2 Å². The molecule has 0 radical (unpaired) electrons. The van der Waals surface area contributed by atoms with E-state index in [0.717, 1.165) is 18.4 Å². The first-order valence-corrected chi connectivity index (χ1v) is 14.2. The van der Waals surface area contributed by atoms with Gasteiger partial charge < -0.3 is 10.1 Å². The summed E-state index contributed by atoms with van der Waals surface area (Å²) in [6, 6.07) is 13.6. The first-order valence-electron chi connectivity index (χ1n) is 12.4. The zero-order chi connectivity index (χ0) is 27.2. The number of ether oxygens (including phenoxy) is 1. The molecule has 8 nitrogen and oxygen atoms in total. The van der Waals surface area contributed by atoms with E-state index < -0.39 is 10.0 Å². The summed E-state index contributed by atoms with van der Waals surface area (Å²) in [6.07, 6.45) is 4.49. The van der Waals surface area contributed by atoms with Crippen LogP contribution in [0.15, 0.2) is 54.7 Å². The van der Waals surface area contributed by atoms with Gasteiger partial charge in [0.25, 0.3) is 5.91 Å². The van der Waals surface area contributed by atoms with Crippen LogP contribution >= 0.6 is 0 Å². The lowest BCUT2D eigenvalue weighted by molar-refractivity contribution is 0.0965. The average Bonchev–Trinajstić information content (AvgIpc) is 3.16. The molecule has 10 heteroatoms. The molecule has 1 N–H and O–H groups in total. The Labute approximate surface area is 221 Å². The van der Waals surface area contributed by atoms with Crippen LogP contribution in [0.5, 0.6) is 11.5 Å². The van der Waals surface area contributed by atoms with Crippen LogP contribution < -0.4 is 14.4 Å². The van der Waals surface area contributed by atoms with Crippen LogP contribution in [0.3, 0.4) is 0 Å². The number of pyridine rings is 1. The highest BCUT2D eigenvalue weighted by Crippen LogP contribution is 2.38. The number of carbonyl (C=O) groups is 1. The highest BCUT2D eigenvalue weighted by Gasteiger charge is 2.29. The monoisotopic (exact) mass is 536 g/mol. The minimum absolute atomic E-state index is 0.115. The molecule has 2 aromatic heterocycles. The predicted octanol–water partition coefficient (Wildman–Crippen LogP) is 5.26. The smallest absolute Gasteiger partial charge is 0.255 e. The number of nitrogens with one attached hydrogen (secondary N) is 1. The standard InChI is InChI=1S/C28H29FN4O4S/c1-17-6-5-13-33(38(4,35)36)25-16-32-24(15-22(17)25)26(28(34)30-3)27(31-32)19-7-9-20(10-8-19)37-21-11-12-23(29)18(2)14-21/h7-12,14-17H,5-6,13H2,1-4H3,(H,30,34). The summed E-state index contributed by atoms with van der Waals surface area (Å²) >= 11 is 0. The summed E-state index contributed by atoms with van der Waals surface area (Å²) < 4.78 is 47.6. The fraction of sp³-hybridized carbons (Fsp3) is 0.286. The van der Waals surface area contributed by atoms with Crippen molar-refractivity contribution in [2.24, 2.45) is 0 Å². The third kappa shape index (κ3) is 4.71. The minimum Gasteiger partial charge on any atom is -0.457 e. The lowest BCUT2D eigenvalue weighted by atomic mass is 9.96. The van der Waals surface area contributed by atoms with Gasteiger partial charge in [-0.1, -0.05) is 6.92 Å². The Bertz CT molecular complexity index is 1650. The Balaban J connectivity index is 1.60. The maximum Gasteiger partial charge on any atom is 0.255 e. The Morgan fingerprint density at radius 3 is 2.50 bits per heavy atom. The van der Waals surface area contributed by atoms with Crippen LogP contribution in [-0.2, 0) is 10.0 Å². The Morgan fingerprint density at radius 2 is 1.84 bits per heavy atom. The highest BCUT2D eigenvalue weighted by molar-refractivity contribution is 7.92. The number of anilines is 1. The van der Waals surface area contributed by atoms with Crippen molar-refractivity contribution >= 4 is 27.1 Å². The number of sulfonamides is 1. The van der Waals surface area contributed by atoms with Crippen molar-refractivity contribution in [1.82, 2.24) is 14.9 Å². The van der Waals surface area contributed by atoms with E-state index in [4.69, 9.17) is 9.84 Å². The Kier molecular flexibility index (Phi) is 6.60. The maximum atomic E-state index is 13.6. The van der Waals surface area contributed by atoms with E-state index >= 15 is 0 Å². The summed E-state index contributed by atoms with van der Waals surface area (Å²) in [7, 11) is -1.92. The van der Waals surface area contributed by atoms with E-state index in [1.165, 1.54) is 16.6 Å². The van der Waals surface area contributed by atoms with Crippen molar-refractivity contribution in [3.8, 4) is 22.8 Å². The first-order chi connectivity index (χ1) is 18.1. The molecule has 0 spiro atoms. The number of rotatable bonds is 5. The SMILES string of the molecule is CNC(=O)c1c(-c2ccc(Oc3ccc(F)c(C)c3)cc2)nn2cc3c(cc12)C(C)CCCN3S(C)(=O)=O. The molecule has 198 valence electrons. The molecule has 1 aliphatic rings. The minimum atomic E-state index is -3.49. The normalized spacial score (nSPS) is 15.7. The summed E-state index contributed by atoms with van der Waals surface area (Å²) in [5.74, 6) is 0.589. The first kappa shape index (κ1) is 25.7. The van der Waals surface area contributed by atoms with Crippen molar-refractivity contribution in [2.45, 2.75) is 32.6 Å². The maximum absolute atomic E-state index is 13.6. The number of hydrogen-bond acceptors (Lipinski definition) is 5. The number of hydrogen-bond donors (Lipinski definition) is 1. The molecule has 4 aromatic rings. The van der Waals surface area contributed by atoms with Crippen LogP contribution in [0.1, 0.15) is 47.2 Å². The molecule has 1 unspecified atom stereocenters. The molecule has 1 atom stereocenters. The van der Waals surface area contributed by atoms with E-state index in [1.54, 1.807) is 61.1 Å². The molecular formula is C28H29FN4O4S. The van der Waals surface area contributed by atoms with Gasteiger partial charge in [-0.2, -0.15) is 5.10 Å². The molecule has 5 rings (SSSR count). The summed E-state index contributed by atoms with van der Waals surface area (Å²) in [5.41, 5.74) is 4.10. The van der Waals surface area contributed by atoms with E-state index in [-0.39, 0.29) is 17.6 Å². The predicted molar refractivity (Wildman–Crippen MR) is 145 cm³/mol. The number of aryl methyl sites for hydroxylation is 1. The summed E-state index contributed by atoms with van der Waals surface area (Å²) in [6.45, 7) is 4.14. The molecule has 1 amide bonds. The van der Waals surface area contributed by atoms with Gasteiger partial charge in [0.1, 0.15) is 23.0 Å². The van der Waals surface area contributed by atoms with Gasteiger partial charge in [0.2, 0.25) is 10.0 Å². The second kappa shape index (κ2) is 9.75. The molecule has 0 aliphatic carbocycles. The van der Waals surface area contributed by atoms with Gasteiger partial charge in [-0.3, -0.25) is 9.10 Å². The van der Waals surface area contributed by atoms with Crippen LogP contribution in [0, 0.1) is 12.7 Å². The second-order valence-corrected chi connectivity index (χ2v) is 11.6. The number of amides is 1. The van der Waals surface area contributed by atoms with Gasteiger partial charge >= 0.3 is 0 Å². The molecule has 0 saturated carbocycles. The van der Waals surface area contributed by atoms with Gasteiger partial charge in [0.15, 0.2) is 0 Å². The lowest BCUT2D eigenvalue weighted by Crippen LogP contribution is -2.31. The summed E-state index contributed by atoms with van der Waals surface area (Å²) in [5, 5.41) is 7.43. The molecule has 38 heavy (non-hydrogen) atoms. The molecule has 0 saturated heterocycles. The van der Waals surface area contributed by atoms with Crippen molar-refractivity contribution in [3.63, 3.8) is 0 Å². The summed E-state index contributed by atoms with van der Waals surface area (Å²) in [4.78, 5) is 13.1. The topological polar surface area (TPSA) is 93.0 Å². The van der Waals surface area contributed by atoms with Crippen LogP contribution in [0.25, 0.3) is 16.8 Å². The third-order valence-corrected chi connectivity index (χ3v) is 8.11. The molecule has 3 heterocycles. The van der Waals surface area contributed by atoms with E-state index in [9.17, 15) is 17.6 Å². The zero-order valence-corrected chi connectivity index (χ0v) is 22.5. The fourth-order valence-corrected chi connectivity index (χ4v) is 5.88. The molecule has 0 fully saturated rings. The quantitative estimate of drug-likeness (QED) is 0.375. The zero-order valence-electron chi connectivity index (χ0n) is 21.7. The Morgan fingerprint density at radius 1 is 1.13 bits per heavy atom. The highest BCUT2D eigenvalue weighted by atomic mass is 32.2. The fourth-order valence-electron chi connectivity index (χ4n) is 4.91. The van der Waals surface area contributed by atoms with Gasteiger partial charge in [-0.25, -0.2) is 17.3 Å². The number of aromatic nitrogens is 2. The van der Waals surface area contributed by atoms with Gasteiger partial charge in [-0.15, -0.1) is 0 Å². The van der Waals surface area contributed by atoms with Gasteiger partial charge in [0, 0.05) is 19.2 Å². The number of halogens is 1. The van der Waals surface area contributed by atoms with Crippen LogP contribution in [-0.4, -0.2) is 43.8 Å². The number of benzene rings is 2. The van der Waals surface area contributed by atoms with Gasteiger partial charge in [0.05, 0.1) is 29.2 Å². The number of fused-ring (bicyclic) bond motifs is 2. The van der Waals surface area contributed by atoms with Crippen molar-refractivity contribution in [2.75, 3.05) is 24.2 Å². The van der Waals surface area contributed by atoms with Crippen molar-refractivity contribution < 1.29 is 22.3 Å². The molecular weight excluding hydrogens is 507 g/mol. The van der Waals surface area contributed by atoms with E-state index in [1.807, 2.05) is 6.07 Å². The van der Waals surface area contributed by atoms with Crippen LogP contribution in [0.2, 0.25) is 0 Å². The largest absolute Gasteiger partial charge is 0.457 e. The van der Waals surface area contributed by atoms with Crippen LogP contribution in [0.4, 0.5) is 10.1 Å².